The molecule has 0 fully saturated rings. The summed E-state index contributed by atoms with van der Waals surface area (Å²) in [5, 5.41) is 19.2. The Balaban J connectivity index is 1.89. The van der Waals surface area contributed by atoms with Gasteiger partial charge < -0.3 is 19.7 Å². The molecule has 0 atom stereocenters. The average molecular weight is 516 g/mol. The first-order valence-electron chi connectivity index (χ1n) is 9.65. The zero-order valence-corrected chi connectivity index (χ0v) is 18.9. The van der Waals surface area contributed by atoms with Crippen LogP contribution in [0.25, 0.3) is 0 Å². The van der Waals surface area contributed by atoms with E-state index in [0.717, 1.165) is 21.3 Å². The number of aromatic nitrogens is 2. The maximum atomic E-state index is 14.0. The van der Waals surface area contributed by atoms with Gasteiger partial charge in [0.15, 0.2) is 23.3 Å². The van der Waals surface area contributed by atoms with E-state index in [-0.39, 0.29) is 24.2 Å². The van der Waals surface area contributed by atoms with Crippen LogP contribution in [0.5, 0.6) is 5.75 Å². The summed E-state index contributed by atoms with van der Waals surface area (Å²) < 4.78 is 70.9. The number of amides is 1. The van der Waals surface area contributed by atoms with Gasteiger partial charge in [0.2, 0.25) is 11.7 Å². The molecule has 2 N–H and O–H groups in total. The highest BCUT2D eigenvalue weighted by atomic mass is 32.2. The van der Waals surface area contributed by atoms with Gasteiger partial charge in [-0.05, 0) is 31.1 Å². The van der Waals surface area contributed by atoms with Crippen LogP contribution in [0.3, 0.4) is 0 Å². The summed E-state index contributed by atoms with van der Waals surface area (Å²) in [6, 6.07) is 3.39. The van der Waals surface area contributed by atoms with Crippen molar-refractivity contribution >= 4 is 29.5 Å². The molecule has 0 bridgehead atoms. The quantitative estimate of drug-likeness (QED) is 0.204. The van der Waals surface area contributed by atoms with Crippen LogP contribution in [-0.2, 0) is 18.4 Å². The molecule has 35 heavy (non-hydrogen) atoms. The van der Waals surface area contributed by atoms with Gasteiger partial charge in [0.1, 0.15) is 22.0 Å². The van der Waals surface area contributed by atoms with Crippen molar-refractivity contribution in [3.8, 4) is 5.75 Å². The number of aromatic carboxylic acids is 1. The van der Waals surface area contributed by atoms with Crippen LogP contribution in [0.15, 0.2) is 35.5 Å². The molecule has 0 saturated carbocycles. The van der Waals surface area contributed by atoms with Gasteiger partial charge in [-0.15, -0.1) is 0 Å². The summed E-state index contributed by atoms with van der Waals surface area (Å²) >= 11 is 0.137. The third-order valence-corrected chi connectivity index (χ3v) is 5.80. The number of carboxylic acid groups (broad SMARTS) is 1. The Morgan fingerprint density at radius 3 is 2.17 bits per heavy atom. The van der Waals surface area contributed by atoms with Crippen LogP contribution in [0.2, 0.25) is 0 Å². The lowest BCUT2D eigenvalue weighted by Gasteiger charge is -2.25. The molecule has 3 rings (SSSR count). The molecule has 2 aromatic carbocycles. The summed E-state index contributed by atoms with van der Waals surface area (Å²) in [4.78, 5) is 28.3. The number of benzene rings is 2. The molecule has 0 radical (unpaired) electrons. The van der Waals surface area contributed by atoms with Gasteiger partial charge in [0.05, 0.1) is 13.1 Å². The van der Waals surface area contributed by atoms with E-state index in [4.69, 9.17) is 5.11 Å². The molecular weight excluding hydrogens is 499 g/mol. The van der Waals surface area contributed by atoms with Crippen molar-refractivity contribution in [2.45, 2.75) is 11.4 Å². The van der Waals surface area contributed by atoms with Crippen LogP contribution < -0.4 is 4.90 Å². The predicted octanol–water partition coefficient (Wildman–Crippen LogP) is 3.69. The number of halogens is 5. The molecule has 0 aliphatic heterocycles. The van der Waals surface area contributed by atoms with Crippen LogP contribution in [0.4, 0.5) is 27.6 Å². The van der Waals surface area contributed by atoms with Crippen molar-refractivity contribution in [1.82, 2.24) is 13.9 Å². The Bertz CT molecular complexity index is 1270. The first-order valence-corrected chi connectivity index (χ1v) is 10.4. The number of carbonyl (C=O) groups excluding carboxylic acids is 1. The normalized spacial score (nSPS) is 11.2. The molecule has 0 aliphatic rings. The molecule has 3 aromatic rings. The van der Waals surface area contributed by atoms with Crippen molar-refractivity contribution in [2.75, 3.05) is 18.5 Å². The lowest BCUT2D eigenvalue weighted by atomic mass is 10.1. The smallest absolute Gasteiger partial charge is 0.339 e. The van der Waals surface area contributed by atoms with Crippen LogP contribution >= 0.6 is 11.9 Å². The largest absolute Gasteiger partial charge is 0.507 e. The summed E-state index contributed by atoms with van der Waals surface area (Å²) in [6.45, 7) is -0.717. The number of carbonyl (C=O) groups is 2. The van der Waals surface area contributed by atoms with Gasteiger partial charge in [-0.2, -0.15) is 0 Å². The SMILES string of the molecule is CN(CC(=O)N(Cc1nccn1C)c1ccc(C(=O)O)c(O)c1)Sc1c(F)c(F)c(F)c(F)c1F. The zero-order chi connectivity index (χ0) is 26.0. The number of aryl methyl sites for hydroxylation is 1. The molecule has 14 heteroatoms. The number of carboxylic acids is 1. The Morgan fingerprint density at radius 2 is 1.66 bits per heavy atom. The van der Waals surface area contributed by atoms with E-state index in [1.54, 1.807) is 17.8 Å². The first kappa shape index (κ1) is 26.0. The summed E-state index contributed by atoms with van der Waals surface area (Å²) in [5.41, 5.74) is -0.327. The van der Waals surface area contributed by atoms with Crippen molar-refractivity contribution < 1.29 is 41.8 Å². The highest BCUT2D eigenvalue weighted by molar-refractivity contribution is 7.97. The van der Waals surface area contributed by atoms with Crippen molar-refractivity contribution in [3.63, 3.8) is 0 Å². The first-order chi connectivity index (χ1) is 16.4. The second-order valence-corrected chi connectivity index (χ2v) is 8.43. The zero-order valence-electron chi connectivity index (χ0n) is 18.1. The van der Waals surface area contributed by atoms with Crippen LogP contribution in [0, 0.1) is 29.1 Å². The van der Waals surface area contributed by atoms with E-state index in [9.17, 15) is 36.6 Å². The minimum atomic E-state index is -2.30. The number of nitrogens with zero attached hydrogens (tertiary/aromatic N) is 4. The monoisotopic (exact) mass is 516 g/mol. The number of hydrogen-bond acceptors (Lipinski definition) is 6. The fourth-order valence-electron chi connectivity index (χ4n) is 3.01. The fraction of sp³-hybridized carbons (Fsp3) is 0.190. The Labute approximate surface area is 199 Å². The van der Waals surface area contributed by atoms with Gasteiger partial charge in [0.25, 0.3) is 0 Å². The minimum Gasteiger partial charge on any atom is -0.507 e. The van der Waals surface area contributed by atoms with E-state index in [1.807, 2.05) is 0 Å². The van der Waals surface area contributed by atoms with Crippen LogP contribution in [-0.4, -0.2) is 49.5 Å². The topological polar surface area (TPSA) is 98.9 Å². The van der Waals surface area contributed by atoms with Gasteiger partial charge in [-0.1, -0.05) is 0 Å². The average Bonchev–Trinajstić information content (AvgIpc) is 3.21. The van der Waals surface area contributed by atoms with Gasteiger partial charge in [-0.3, -0.25) is 4.79 Å². The number of anilines is 1. The molecule has 1 heterocycles. The second kappa shape index (κ2) is 10.3. The van der Waals surface area contributed by atoms with Gasteiger partial charge in [0, 0.05) is 31.2 Å². The summed E-state index contributed by atoms with van der Waals surface area (Å²) in [7, 11) is 2.85. The highest BCUT2D eigenvalue weighted by Gasteiger charge is 2.28. The number of phenols is 1. The van der Waals surface area contributed by atoms with E-state index < -0.39 is 63.7 Å². The number of aromatic hydroxyl groups is 1. The highest BCUT2D eigenvalue weighted by Crippen LogP contribution is 2.33. The van der Waals surface area contributed by atoms with E-state index in [2.05, 4.69) is 4.98 Å². The van der Waals surface area contributed by atoms with Crippen LogP contribution in [0.1, 0.15) is 16.2 Å². The number of likely N-dealkylation sites (N-methyl/N-ethyl adjacent to an activating group) is 1. The van der Waals surface area contributed by atoms with Crippen molar-refractivity contribution in [2.24, 2.45) is 7.05 Å². The van der Waals surface area contributed by atoms with E-state index in [1.165, 1.54) is 19.3 Å². The lowest BCUT2D eigenvalue weighted by molar-refractivity contribution is -0.118. The van der Waals surface area contributed by atoms with Crippen molar-refractivity contribution in [3.05, 3.63) is 71.1 Å². The molecule has 186 valence electrons. The van der Waals surface area contributed by atoms with E-state index in [0.29, 0.717) is 5.82 Å². The molecule has 0 aliphatic carbocycles. The van der Waals surface area contributed by atoms with Gasteiger partial charge >= 0.3 is 5.97 Å². The second-order valence-electron chi connectivity index (χ2n) is 7.22. The predicted molar refractivity (Wildman–Crippen MR) is 114 cm³/mol. The standard InChI is InChI=1S/C21H17F5N4O4S/c1-28-6-5-27-13(28)8-30(10-3-4-11(21(33)34)12(31)7-10)14(32)9-29(2)35-20-18(25)16(23)15(22)17(24)19(20)26/h3-7,31H,8-9H2,1-2H3,(H,33,34). The Kier molecular flexibility index (Phi) is 7.65. The lowest BCUT2D eigenvalue weighted by Crippen LogP contribution is -2.37. The molecular formula is C21H17F5N4O4S. The molecule has 0 unspecified atom stereocenters. The molecule has 8 nitrogen and oxygen atoms in total. The third kappa shape index (κ3) is 5.38. The summed E-state index contributed by atoms with van der Waals surface area (Å²) in [5.74, 6) is -12.9. The van der Waals surface area contributed by atoms with Gasteiger partial charge in [-0.25, -0.2) is 36.0 Å². The number of imidazole rings is 1. The minimum absolute atomic E-state index is 0.0788. The third-order valence-electron chi connectivity index (χ3n) is 4.82. The Morgan fingerprint density at radius 1 is 1.06 bits per heavy atom. The van der Waals surface area contributed by atoms with E-state index >= 15 is 0 Å². The molecule has 1 aromatic heterocycles. The fourth-order valence-corrected chi connectivity index (χ4v) is 3.84. The molecule has 0 spiro atoms. The summed E-state index contributed by atoms with van der Waals surface area (Å²) in [6.07, 6.45) is 3.07. The molecule has 1 amide bonds. The maximum Gasteiger partial charge on any atom is 0.339 e. The van der Waals surface area contributed by atoms with Crippen molar-refractivity contribution in [1.29, 1.82) is 0 Å². The maximum absolute atomic E-state index is 14.0. The Hall–Kier alpha value is -3.65. The number of rotatable bonds is 8. The molecule has 0 saturated heterocycles. The number of hydrogen-bond donors (Lipinski definition) is 2.